The minimum absolute atomic E-state index is 0.138. The maximum atomic E-state index is 12.9. The zero-order valence-electron chi connectivity index (χ0n) is 19.6. The van der Waals surface area contributed by atoms with E-state index in [-0.39, 0.29) is 36.1 Å². The first-order chi connectivity index (χ1) is 16.3. The van der Waals surface area contributed by atoms with E-state index in [4.69, 9.17) is 10.00 Å². The third-order valence-electron chi connectivity index (χ3n) is 4.78. The van der Waals surface area contributed by atoms with Crippen molar-refractivity contribution in [2.24, 2.45) is 5.92 Å². The fourth-order valence-corrected chi connectivity index (χ4v) is 2.89. The Morgan fingerprint density at radius 3 is 2.41 bits per heavy atom. The van der Waals surface area contributed by atoms with Gasteiger partial charge in [0.05, 0.1) is 25.2 Å². The highest BCUT2D eigenvalue weighted by atomic mass is 16.5. The van der Waals surface area contributed by atoms with Crippen molar-refractivity contribution in [2.75, 3.05) is 37.4 Å². The number of amides is 4. The summed E-state index contributed by atoms with van der Waals surface area (Å²) in [5, 5.41) is 14.9. The van der Waals surface area contributed by atoms with Gasteiger partial charge in [0.25, 0.3) is 5.91 Å². The lowest BCUT2D eigenvalue weighted by Gasteiger charge is -2.23. The summed E-state index contributed by atoms with van der Waals surface area (Å²) in [7, 11) is 1.42. The molecule has 0 aliphatic heterocycles. The van der Waals surface area contributed by atoms with Crippen LogP contribution >= 0.6 is 0 Å². The number of hydrogen-bond donors (Lipinski definition) is 4. The first kappa shape index (κ1) is 26.0. The third-order valence-corrected chi connectivity index (χ3v) is 4.78. The highest BCUT2D eigenvalue weighted by Crippen LogP contribution is 2.23. The minimum atomic E-state index is -0.588. The number of benzene rings is 2. The van der Waals surface area contributed by atoms with Crippen molar-refractivity contribution >= 4 is 29.2 Å². The van der Waals surface area contributed by atoms with Crippen molar-refractivity contribution in [3.05, 3.63) is 54.1 Å². The number of nitrogens with zero attached hydrogens (tertiary/aromatic N) is 2. The molecule has 0 aliphatic rings. The van der Waals surface area contributed by atoms with Crippen LogP contribution in [0.3, 0.4) is 0 Å². The average Bonchev–Trinajstić information content (AvgIpc) is 2.84. The van der Waals surface area contributed by atoms with Crippen molar-refractivity contribution in [3.8, 4) is 11.8 Å². The van der Waals surface area contributed by atoms with Gasteiger partial charge < -0.3 is 20.3 Å². The Morgan fingerprint density at radius 1 is 1.03 bits per heavy atom. The fraction of sp³-hybridized carbons (Fsp3) is 0.333. The Hall–Kier alpha value is -4.26. The molecule has 4 N–H and O–H groups in total. The van der Waals surface area contributed by atoms with Crippen LogP contribution in [0.4, 0.5) is 16.2 Å². The van der Waals surface area contributed by atoms with Gasteiger partial charge in [-0.05, 0) is 30.3 Å². The van der Waals surface area contributed by atoms with Crippen LogP contribution in [0.25, 0.3) is 0 Å². The Balaban J connectivity index is 2.06. The Bertz CT molecular complexity index is 1020. The van der Waals surface area contributed by atoms with Crippen LogP contribution in [0.1, 0.15) is 30.6 Å². The molecule has 0 radical (unpaired) electrons. The number of para-hydroxylation sites is 1. The molecule has 0 atom stereocenters. The molecule has 2 aromatic carbocycles. The molecule has 4 amide bonds. The van der Waals surface area contributed by atoms with Crippen LogP contribution in [0.15, 0.2) is 48.5 Å². The maximum Gasteiger partial charge on any atom is 0.321 e. The second kappa shape index (κ2) is 13.3. The average molecular weight is 467 g/mol. The van der Waals surface area contributed by atoms with Crippen LogP contribution in [-0.2, 0) is 4.79 Å². The summed E-state index contributed by atoms with van der Waals surface area (Å²) in [4.78, 5) is 38.7. The molecule has 0 fully saturated rings. The topological polar surface area (TPSA) is 136 Å². The monoisotopic (exact) mass is 466 g/mol. The molecule has 0 unspecified atom stereocenters. The van der Waals surface area contributed by atoms with Crippen molar-refractivity contribution in [3.63, 3.8) is 0 Å². The van der Waals surface area contributed by atoms with Crippen LogP contribution in [0.2, 0.25) is 0 Å². The van der Waals surface area contributed by atoms with Crippen molar-refractivity contribution < 1.29 is 19.1 Å². The molecular weight excluding hydrogens is 436 g/mol. The first-order valence-electron chi connectivity index (χ1n) is 10.9. The van der Waals surface area contributed by atoms with Gasteiger partial charge in [0.15, 0.2) is 0 Å². The normalized spacial score (nSPS) is 10.1. The predicted octanol–water partition coefficient (Wildman–Crippen LogP) is 2.97. The van der Waals surface area contributed by atoms with E-state index in [0.29, 0.717) is 18.8 Å². The molecule has 0 bridgehead atoms. The molecule has 2 rings (SSSR count). The smallest absolute Gasteiger partial charge is 0.321 e. The molecule has 0 saturated carbocycles. The van der Waals surface area contributed by atoms with Gasteiger partial charge in [-0.15, -0.1) is 0 Å². The standard InChI is InChI=1S/C24H30N6O4/c1-17(2)22(31)28-29-23(32)20-16-19(10-11-21(20)34-3)27-24(33)30(14-7-12-25)15-13-26-18-8-5-4-6-9-18/h4-6,8-11,16-17,26H,7,13-15H2,1-3H3,(H,27,33)(H,28,31)(H,29,32). The number of ether oxygens (including phenoxy) is 1. The van der Waals surface area contributed by atoms with E-state index in [1.165, 1.54) is 18.1 Å². The number of rotatable bonds is 10. The van der Waals surface area contributed by atoms with E-state index in [0.717, 1.165) is 5.69 Å². The van der Waals surface area contributed by atoms with Crippen molar-refractivity contribution in [1.82, 2.24) is 15.8 Å². The van der Waals surface area contributed by atoms with Crippen molar-refractivity contribution in [1.29, 1.82) is 5.26 Å². The number of carbonyl (C=O) groups is 3. The summed E-state index contributed by atoms with van der Waals surface area (Å²) in [5.74, 6) is -0.948. The lowest BCUT2D eigenvalue weighted by atomic mass is 10.1. The summed E-state index contributed by atoms with van der Waals surface area (Å²) in [6, 6.07) is 15.8. The number of nitriles is 1. The molecule has 0 heterocycles. The van der Waals surface area contributed by atoms with Gasteiger partial charge in [-0.3, -0.25) is 20.4 Å². The molecule has 2 aromatic rings. The van der Waals surface area contributed by atoms with E-state index in [1.54, 1.807) is 26.0 Å². The van der Waals surface area contributed by atoms with Crippen LogP contribution in [-0.4, -0.2) is 49.5 Å². The lowest BCUT2D eigenvalue weighted by molar-refractivity contribution is -0.124. The third kappa shape index (κ3) is 8.02. The zero-order valence-corrected chi connectivity index (χ0v) is 19.6. The molecule has 0 aromatic heterocycles. The highest BCUT2D eigenvalue weighted by molar-refractivity contribution is 6.00. The van der Waals surface area contributed by atoms with Gasteiger partial charge in [-0.2, -0.15) is 5.26 Å². The number of nitrogens with one attached hydrogen (secondary N) is 4. The molecule has 180 valence electrons. The second-order valence-electron chi connectivity index (χ2n) is 7.63. The minimum Gasteiger partial charge on any atom is -0.496 e. The SMILES string of the molecule is COc1ccc(NC(=O)N(CCC#N)CCNc2ccccc2)cc1C(=O)NNC(=O)C(C)C. The van der Waals surface area contributed by atoms with E-state index >= 15 is 0 Å². The summed E-state index contributed by atoms with van der Waals surface area (Å²) >= 11 is 0. The number of anilines is 2. The molecular formula is C24H30N6O4. The molecule has 0 spiro atoms. The molecule has 10 nitrogen and oxygen atoms in total. The van der Waals surface area contributed by atoms with Gasteiger partial charge in [0.2, 0.25) is 5.91 Å². The van der Waals surface area contributed by atoms with Gasteiger partial charge in [0.1, 0.15) is 5.75 Å². The van der Waals surface area contributed by atoms with Gasteiger partial charge in [-0.25, -0.2) is 4.79 Å². The van der Waals surface area contributed by atoms with Crippen LogP contribution in [0.5, 0.6) is 5.75 Å². The molecule has 34 heavy (non-hydrogen) atoms. The van der Waals surface area contributed by atoms with Gasteiger partial charge in [0, 0.05) is 36.9 Å². The van der Waals surface area contributed by atoms with Gasteiger partial charge >= 0.3 is 6.03 Å². The van der Waals surface area contributed by atoms with E-state index in [2.05, 4.69) is 21.5 Å². The Kier molecular flexibility index (Phi) is 10.2. The summed E-state index contributed by atoms with van der Waals surface area (Å²) in [5.41, 5.74) is 6.12. The lowest BCUT2D eigenvalue weighted by Crippen LogP contribution is -2.43. The maximum absolute atomic E-state index is 12.9. The fourth-order valence-electron chi connectivity index (χ4n) is 2.89. The van der Waals surface area contributed by atoms with Crippen LogP contribution < -0.4 is 26.2 Å². The number of methoxy groups -OCH3 is 1. The second-order valence-corrected chi connectivity index (χ2v) is 7.63. The molecule has 0 saturated heterocycles. The Morgan fingerprint density at radius 2 is 1.76 bits per heavy atom. The van der Waals surface area contributed by atoms with Crippen molar-refractivity contribution in [2.45, 2.75) is 20.3 Å². The quantitative estimate of drug-likeness (QED) is 0.398. The molecule has 10 heteroatoms. The number of hydrazine groups is 1. The van der Waals surface area contributed by atoms with E-state index in [9.17, 15) is 14.4 Å². The summed E-state index contributed by atoms with van der Waals surface area (Å²) < 4.78 is 5.24. The first-order valence-corrected chi connectivity index (χ1v) is 10.9. The summed E-state index contributed by atoms with van der Waals surface area (Å²) in [6.45, 7) is 4.52. The number of hydrogen-bond acceptors (Lipinski definition) is 6. The van der Waals surface area contributed by atoms with Crippen LogP contribution in [0, 0.1) is 17.2 Å². The van der Waals surface area contributed by atoms with E-state index in [1.807, 2.05) is 36.4 Å². The van der Waals surface area contributed by atoms with E-state index < -0.39 is 11.9 Å². The summed E-state index contributed by atoms with van der Waals surface area (Å²) in [6.07, 6.45) is 0.185. The predicted molar refractivity (Wildman–Crippen MR) is 129 cm³/mol. The number of carbonyl (C=O) groups excluding carboxylic acids is 3. The zero-order chi connectivity index (χ0) is 24.9. The number of urea groups is 1. The largest absolute Gasteiger partial charge is 0.496 e. The Labute approximate surface area is 199 Å². The molecule has 0 aliphatic carbocycles. The van der Waals surface area contributed by atoms with Gasteiger partial charge in [-0.1, -0.05) is 32.0 Å². The highest BCUT2D eigenvalue weighted by Gasteiger charge is 2.18.